The number of likely N-dealkylation sites (N-methyl/N-ethyl adjacent to an activating group) is 1. The van der Waals surface area contributed by atoms with E-state index >= 15 is 0 Å². The van der Waals surface area contributed by atoms with Crippen molar-refractivity contribution in [3.63, 3.8) is 0 Å². The summed E-state index contributed by atoms with van der Waals surface area (Å²) >= 11 is 0. The summed E-state index contributed by atoms with van der Waals surface area (Å²) in [4.78, 5) is 23.5. The van der Waals surface area contributed by atoms with Crippen LogP contribution in [0.4, 0.5) is 0 Å². The first kappa shape index (κ1) is 49.0. The van der Waals surface area contributed by atoms with E-state index in [2.05, 4.69) is 26.0 Å². The molecule has 0 saturated carbocycles. The molecule has 1 amide bonds. The van der Waals surface area contributed by atoms with Crippen LogP contribution in [0.25, 0.3) is 0 Å². The van der Waals surface area contributed by atoms with Gasteiger partial charge in [-0.15, -0.1) is 0 Å². The zero-order valence-electron chi connectivity index (χ0n) is 30.1. The predicted molar refractivity (Wildman–Crippen MR) is 200 cm³/mol. The fourth-order valence-electron chi connectivity index (χ4n) is 5.52. The second-order valence-electron chi connectivity index (χ2n) is 13.1. The number of nitrogens with two attached hydrogens (primary N) is 1. The minimum atomic E-state index is -0.958. The maximum absolute atomic E-state index is 11.7. The van der Waals surface area contributed by atoms with Gasteiger partial charge in [-0.25, -0.2) is 0 Å². The van der Waals surface area contributed by atoms with Gasteiger partial charge in [-0.3, -0.25) is 9.59 Å². The number of carboxylic acids is 1. The Balaban J connectivity index is -0.000000795. The molecule has 0 heterocycles. The molecule has 0 aromatic carbocycles. The van der Waals surface area contributed by atoms with Gasteiger partial charge in [0.05, 0.1) is 0 Å². The van der Waals surface area contributed by atoms with E-state index in [0.29, 0.717) is 6.42 Å². The van der Waals surface area contributed by atoms with Crippen LogP contribution in [0.15, 0.2) is 12.2 Å². The molecule has 0 aromatic heterocycles. The van der Waals surface area contributed by atoms with Crippen LogP contribution in [-0.4, -0.2) is 71.6 Å². The molecule has 0 fully saturated rings. The third-order valence-corrected chi connectivity index (χ3v) is 8.51. The van der Waals surface area contributed by atoms with E-state index in [1.54, 1.807) is 7.05 Å². The van der Waals surface area contributed by atoms with Crippen LogP contribution in [0, 0.1) is 0 Å². The van der Waals surface area contributed by atoms with Gasteiger partial charge < -0.3 is 15.7 Å². The van der Waals surface area contributed by atoms with Gasteiger partial charge in [0.15, 0.2) is 0 Å². The van der Waals surface area contributed by atoms with Crippen molar-refractivity contribution in [2.75, 3.05) is 20.1 Å². The summed E-state index contributed by atoms with van der Waals surface area (Å²) in [5.74, 6) is -1.03. The molecule has 5 nitrogen and oxygen atoms in total. The van der Waals surface area contributed by atoms with E-state index in [1.807, 2.05) is 0 Å². The van der Waals surface area contributed by atoms with Crippen LogP contribution in [0.3, 0.4) is 0 Å². The molecule has 6 heteroatoms. The molecule has 0 aliphatic rings. The topological polar surface area (TPSA) is 83.6 Å². The number of rotatable bonds is 33. The number of amides is 1. The van der Waals surface area contributed by atoms with Crippen molar-refractivity contribution in [3.05, 3.63) is 12.2 Å². The Hall–Kier alpha value is -0.360. The summed E-state index contributed by atoms with van der Waals surface area (Å²) in [5.41, 5.74) is 5.48. The summed E-state index contributed by atoms with van der Waals surface area (Å²) in [6, 6.07) is 0. The van der Waals surface area contributed by atoms with Crippen molar-refractivity contribution in [3.8, 4) is 0 Å². The molecule has 3 N–H and O–H groups in total. The van der Waals surface area contributed by atoms with E-state index in [1.165, 1.54) is 165 Å². The normalized spacial score (nSPS) is 10.8. The fraction of sp³-hybridized carbons (Fsp3) is 0.897. The van der Waals surface area contributed by atoms with Gasteiger partial charge in [-0.05, 0) is 45.1 Å². The third kappa shape index (κ3) is 45.8. The van der Waals surface area contributed by atoms with Crippen LogP contribution in [-0.2, 0) is 9.59 Å². The first-order valence-corrected chi connectivity index (χ1v) is 19.3. The Morgan fingerprint density at radius 3 is 1.18 bits per heavy atom. The van der Waals surface area contributed by atoms with Crippen LogP contribution in [0.5, 0.6) is 0 Å². The number of carbonyl (C=O) groups excluding carboxylic acids is 1. The summed E-state index contributed by atoms with van der Waals surface area (Å²) in [5, 5.41) is 8.64. The molecule has 0 radical (unpaired) electrons. The van der Waals surface area contributed by atoms with E-state index in [4.69, 9.17) is 10.8 Å². The number of aliphatic carboxylic acids is 1. The number of nitrogens with zero attached hydrogens (tertiary/aromatic N) is 1. The van der Waals surface area contributed by atoms with Crippen molar-refractivity contribution < 1.29 is 14.7 Å². The summed E-state index contributed by atoms with van der Waals surface area (Å²) in [7, 11) is 1.55. The van der Waals surface area contributed by atoms with Gasteiger partial charge in [0.1, 0.15) is 6.54 Å². The number of unbranched alkanes of at least 4 members (excludes halogenated alkanes) is 26. The summed E-state index contributed by atoms with van der Waals surface area (Å²) in [6.45, 7) is 5.21. The van der Waals surface area contributed by atoms with Gasteiger partial charge in [0.25, 0.3) is 0 Å². The van der Waals surface area contributed by atoms with Crippen molar-refractivity contribution >= 4 is 41.4 Å². The van der Waals surface area contributed by atoms with Gasteiger partial charge in [0, 0.05) is 13.5 Å². The molecule has 0 saturated heterocycles. The Morgan fingerprint density at radius 1 is 0.533 bits per heavy atom. The molecule has 0 aromatic rings. The number of allylic oxidation sites excluding steroid dienone is 2. The Kier molecular flexibility index (Phi) is 47.5. The number of hydrogen-bond donors (Lipinski definition) is 2. The minimum absolute atomic E-state index is 0. The Morgan fingerprint density at radius 2 is 0.844 bits per heavy atom. The molecule has 0 atom stereocenters. The van der Waals surface area contributed by atoms with Gasteiger partial charge in [-0.1, -0.05) is 174 Å². The quantitative estimate of drug-likeness (QED) is 0.0422. The van der Waals surface area contributed by atoms with Gasteiger partial charge in [-0.2, -0.15) is 0 Å². The molecule has 45 heavy (non-hydrogen) atoms. The first-order chi connectivity index (χ1) is 21.5. The third-order valence-electron chi connectivity index (χ3n) is 8.51. The molecular formula is C39H79N2NaO3. The van der Waals surface area contributed by atoms with Crippen LogP contribution in [0.2, 0.25) is 0 Å². The molecule has 0 aliphatic heterocycles. The van der Waals surface area contributed by atoms with Crippen molar-refractivity contribution in [2.24, 2.45) is 5.73 Å². The van der Waals surface area contributed by atoms with Crippen LogP contribution >= 0.6 is 0 Å². The van der Waals surface area contributed by atoms with Crippen LogP contribution < -0.4 is 5.73 Å². The SMILES string of the molecule is CCCCCCCC/C=C\CCCCCCCC(=O)N(C)CC(=O)O.CCCCCCCCCCCCCCCCCCN.[NaH]. The molecule has 0 unspecified atom stereocenters. The molecule has 0 rings (SSSR count). The first-order valence-electron chi connectivity index (χ1n) is 19.3. The van der Waals surface area contributed by atoms with E-state index < -0.39 is 5.97 Å². The second-order valence-corrected chi connectivity index (χ2v) is 13.1. The molecule has 264 valence electrons. The second kappa shape index (κ2) is 43.6. The number of carboxylic acid groups (broad SMARTS) is 1. The van der Waals surface area contributed by atoms with Gasteiger partial charge in [0.2, 0.25) is 5.91 Å². The van der Waals surface area contributed by atoms with E-state index in [-0.39, 0.29) is 42.0 Å². The zero-order chi connectivity index (χ0) is 32.8. The summed E-state index contributed by atoms with van der Waals surface area (Å²) < 4.78 is 0. The average Bonchev–Trinajstić information content (AvgIpc) is 3.01. The van der Waals surface area contributed by atoms with Crippen LogP contribution in [0.1, 0.15) is 206 Å². The molecular weight excluding hydrogens is 567 g/mol. The van der Waals surface area contributed by atoms with E-state index in [9.17, 15) is 9.59 Å². The maximum atomic E-state index is 11.7. The Labute approximate surface area is 304 Å². The van der Waals surface area contributed by atoms with Crippen molar-refractivity contribution in [1.82, 2.24) is 4.90 Å². The monoisotopic (exact) mass is 647 g/mol. The molecule has 0 bridgehead atoms. The molecule has 0 spiro atoms. The Bertz CT molecular complexity index is 599. The standard InChI is InChI=1S/C21H39NO3.C18H39N.Na.H/c1-3-4-5-6-7-8-9-10-11-12-13-14-15-16-17-18-20(23)22(2)19-21(24)25;1-2-3-4-5-6-7-8-9-10-11-12-13-14-15-16-17-18-19;;/h10-11H,3-9,12-19H2,1-2H3,(H,24,25);2-19H2,1H3;;/b11-10-;;;. The predicted octanol–water partition coefficient (Wildman–Crippen LogP) is 11.1. The number of carbonyl (C=O) groups is 2. The van der Waals surface area contributed by atoms with Crippen molar-refractivity contribution in [2.45, 2.75) is 206 Å². The van der Waals surface area contributed by atoms with Crippen molar-refractivity contribution in [1.29, 1.82) is 0 Å². The summed E-state index contributed by atoms with van der Waals surface area (Å²) in [6.07, 6.45) is 44.0. The fourth-order valence-corrected chi connectivity index (χ4v) is 5.52. The van der Waals surface area contributed by atoms with Gasteiger partial charge >= 0.3 is 35.5 Å². The average molecular weight is 647 g/mol. The van der Waals surface area contributed by atoms with E-state index in [0.717, 1.165) is 32.2 Å². The zero-order valence-corrected chi connectivity index (χ0v) is 30.1. The number of hydrogen-bond acceptors (Lipinski definition) is 3. The molecule has 0 aliphatic carbocycles.